The minimum Gasteiger partial charge on any atom is -0.480 e. The Balaban J connectivity index is 3.03. The summed E-state index contributed by atoms with van der Waals surface area (Å²) in [6.45, 7) is 1.76. The Morgan fingerprint density at radius 1 is 1.53 bits per heavy atom. The van der Waals surface area contributed by atoms with Crippen LogP contribution in [0.1, 0.15) is 25.3 Å². The average molecular weight is 282 g/mol. The fraction of sp³-hybridized carbons (Fsp3) is 0.333. The number of rotatable bonds is 6. The molecule has 0 saturated heterocycles. The van der Waals surface area contributed by atoms with Crippen LogP contribution in [0.5, 0.6) is 0 Å². The van der Waals surface area contributed by atoms with Gasteiger partial charge in [0.25, 0.3) is 0 Å². The van der Waals surface area contributed by atoms with Gasteiger partial charge in [0.1, 0.15) is 6.04 Å². The molecule has 19 heavy (non-hydrogen) atoms. The van der Waals surface area contributed by atoms with Gasteiger partial charge in [-0.25, -0.2) is 8.42 Å². The Labute approximate surface area is 111 Å². The zero-order valence-corrected chi connectivity index (χ0v) is 11.1. The minimum atomic E-state index is -3.94. The van der Waals surface area contributed by atoms with E-state index in [1.807, 2.05) is 6.07 Å². The van der Waals surface area contributed by atoms with Gasteiger partial charge in [-0.1, -0.05) is 19.4 Å². The number of benzene rings is 1. The molecule has 0 radical (unpaired) electrons. The van der Waals surface area contributed by atoms with Crippen molar-refractivity contribution in [3.63, 3.8) is 0 Å². The van der Waals surface area contributed by atoms with Crippen molar-refractivity contribution in [3.05, 3.63) is 29.8 Å². The SMILES string of the molecule is CCC[C@@H](NS(=O)(=O)c1cccc(C#N)c1)C(=O)O. The molecule has 0 fully saturated rings. The molecule has 0 heterocycles. The average Bonchev–Trinajstić information content (AvgIpc) is 2.38. The molecule has 1 aromatic rings. The highest BCUT2D eigenvalue weighted by atomic mass is 32.2. The molecule has 0 aliphatic carbocycles. The second-order valence-corrected chi connectivity index (χ2v) is 5.65. The zero-order chi connectivity index (χ0) is 14.5. The summed E-state index contributed by atoms with van der Waals surface area (Å²) in [7, 11) is -3.94. The lowest BCUT2D eigenvalue weighted by Gasteiger charge is -2.13. The van der Waals surface area contributed by atoms with Gasteiger partial charge in [0.05, 0.1) is 16.5 Å². The molecule has 7 heteroatoms. The molecule has 102 valence electrons. The highest BCUT2D eigenvalue weighted by molar-refractivity contribution is 7.89. The molecule has 1 aromatic carbocycles. The lowest BCUT2D eigenvalue weighted by Crippen LogP contribution is -2.40. The number of sulfonamides is 1. The number of hydrogen-bond donors (Lipinski definition) is 2. The van der Waals surface area contributed by atoms with Crippen molar-refractivity contribution in [1.82, 2.24) is 4.72 Å². The summed E-state index contributed by atoms with van der Waals surface area (Å²) in [4.78, 5) is 10.8. The first-order valence-electron chi connectivity index (χ1n) is 5.66. The third-order valence-corrected chi connectivity index (χ3v) is 3.92. The first-order valence-corrected chi connectivity index (χ1v) is 7.14. The van der Waals surface area contributed by atoms with E-state index in [0.29, 0.717) is 6.42 Å². The molecule has 0 unspecified atom stereocenters. The highest BCUT2D eigenvalue weighted by Gasteiger charge is 2.24. The summed E-state index contributed by atoms with van der Waals surface area (Å²) in [5.41, 5.74) is 0.199. The molecule has 0 aliphatic heterocycles. The molecule has 1 atom stereocenters. The summed E-state index contributed by atoms with van der Waals surface area (Å²) in [5, 5.41) is 17.7. The van der Waals surface area contributed by atoms with E-state index in [-0.39, 0.29) is 16.9 Å². The largest absolute Gasteiger partial charge is 0.480 e. The van der Waals surface area contributed by atoms with Crippen molar-refractivity contribution in [2.24, 2.45) is 0 Å². The van der Waals surface area contributed by atoms with Gasteiger partial charge in [-0.05, 0) is 24.6 Å². The Morgan fingerprint density at radius 3 is 2.74 bits per heavy atom. The minimum absolute atomic E-state index is 0.117. The molecule has 0 bridgehead atoms. The molecule has 2 N–H and O–H groups in total. The van der Waals surface area contributed by atoms with Gasteiger partial charge in [0.15, 0.2) is 0 Å². The predicted octanol–water partition coefficient (Wildman–Crippen LogP) is 1.09. The van der Waals surface area contributed by atoms with Crippen LogP contribution in [0.25, 0.3) is 0 Å². The van der Waals surface area contributed by atoms with Crippen LogP contribution in [-0.4, -0.2) is 25.5 Å². The Hall–Kier alpha value is -1.91. The monoisotopic (exact) mass is 282 g/mol. The Bertz CT molecular complexity index is 604. The Morgan fingerprint density at radius 2 is 2.21 bits per heavy atom. The maximum atomic E-state index is 12.0. The number of nitriles is 1. The molecule has 1 rings (SSSR count). The van der Waals surface area contributed by atoms with Crippen LogP contribution < -0.4 is 4.72 Å². The van der Waals surface area contributed by atoms with Crippen molar-refractivity contribution >= 4 is 16.0 Å². The normalized spacial score (nSPS) is 12.6. The van der Waals surface area contributed by atoms with Crippen LogP contribution in [0, 0.1) is 11.3 Å². The second kappa shape index (κ2) is 6.31. The van der Waals surface area contributed by atoms with E-state index in [2.05, 4.69) is 4.72 Å². The van der Waals surface area contributed by atoms with Gasteiger partial charge >= 0.3 is 5.97 Å². The molecule has 0 spiro atoms. The van der Waals surface area contributed by atoms with Gasteiger partial charge in [-0.2, -0.15) is 9.98 Å². The van der Waals surface area contributed by atoms with Crippen LogP contribution in [0.15, 0.2) is 29.2 Å². The number of carboxylic acids is 1. The summed E-state index contributed by atoms with van der Waals surface area (Å²) in [6, 6.07) is 6.09. The van der Waals surface area contributed by atoms with Crippen molar-refractivity contribution in [1.29, 1.82) is 5.26 Å². The van der Waals surface area contributed by atoms with Gasteiger partial charge in [-0.3, -0.25) is 4.79 Å². The summed E-state index contributed by atoms with van der Waals surface area (Å²) < 4.78 is 26.1. The van der Waals surface area contributed by atoms with Crippen LogP contribution in [0.2, 0.25) is 0 Å². The smallest absolute Gasteiger partial charge is 0.321 e. The lowest BCUT2D eigenvalue weighted by molar-refractivity contribution is -0.139. The molecular formula is C12H14N2O4S. The van der Waals surface area contributed by atoms with Crippen molar-refractivity contribution in [2.75, 3.05) is 0 Å². The second-order valence-electron chi connectivity index (χ2n) is 3.94. The van der Waals surface area contributed by atoms with E-state index in [1.165, 1.54) is 24.3 Å². The third kappa shape index (κ3) is 4.05. The maximum absolute atomic E-state index is 12.0. The van der Waals surface area contributed by atoms with E-state index in [1.54, 1.807) is 6.92 Å². The van der Waals surface area contributed by atoms with Crippen LogP contribution in [0.4, 0.5) is 0 Å². The van der Waals surface area contributed by atoms with E-state index < -0.39 is 22.0 Å². The molecule has 0 saturated carbocycles. The number of carbonyl (C=O) groups is 1. The van der Waals surface area contributed by atoms with Crippen molar-refractivity contribution in [3.8, 4) is 6.07 Å². The van der Waals surface area contributed by atoms with Crippen molar-refractivity contribution in [2.45, 2.75) is 30.7 Å². The van der Waals surface area contributed by atoms with Gasteiger partial charge in [0.2, 0.25) is 10.0 Å². The quantitative estimate of drug-likeness (QED) is 0.812. The Kier molecular flexibility index (Phi) is 5.03. The van der Waals surface area contributed by atoms with Crippen molar-refractivity contribution < 1.29 is 18.3 Å². The van der Waals surface area contributed by atoms with E-state index in [4.69, 9.17) is 10.4 Å². The highest BCUT2D eigenvalue weighted by Crippen LogP contribution is 2.12. The predicted molar refractivity (Wildman–Crippen MR) is 67.8 cm³/mol. The van der Waals surface area contributed by atoms with E-state index >= 15 is 0 Å². The van der Waals surface area contributed by atoms with E-state index in [0.717, 1.165) is 0 Å². The lowest BCUT2D eigenvalue weighted by atomic mass is 10.2. The van der Waals surface area contributed by atoms with Crippen LogP contribution >= 0.6 is 0 Å². The number of aliphatic carboxylic acids is 1. The van der Waals surface area contributed by atoms with Gasteiger partial charge in [-0.15, -0.1) is 0 Å². The third-order valence-electron chi connectivity index (χ3n) is 2.45. The van der Waals surface area contributed by atoms with Gasteiger partial charge < -0.3 is 5.11 Å². The number of carboxylic acid groups (broad SMARTS) is 1. The zero-order valence-electron chi connectivity index (χ0n) is 10.3. The summed E-state index contributed by atoms with van der Waals surface area (Å²) in [6.07, 6.45) is 0.740. The fourth-order valence-corrected chi connectivity index (χ4v) is 2.78. The maximum Gasteiger partial charge on any atom is 0.321 e. The molecule has 0 aliphatic rings. The number of nitrogens with one attached hydrogen (secondary N) is 1. The molecule has 0 aromatic heterocycles. The first kappa shape index (κ1) is 15.1. The van der Waals surface area contributed by atoms with Crippen LogP contribution in [0.3, 0.4) is 0 Å². The topological polar surface area (TPSA) is 107 Å². The van der Waals surface area contributed by atoms with Crippen LogP contribution in [-0.2, 0) is 14.8 Å². The number of nitrogens with zero attached hydrogens (tertiary/aromatic N) is 1. The standard InChI is InChI=1S/C12H14N2O4S/c1-2-4-11(12(15)16)14-19(17,18)10-6-3-5-9(7-10)8-13/h3,5-7,11,14H,2,4H2,1H3,(H,15,16)/t11-/m1/s1. The molecule has 0 amide bonds. The fourth-order valence-electron chi connectivity index (χ4n) is 1.51. The van der Waals surface area contributed by atoms with E-state index in [9.17, 15) is 13.2 Å². The number of hydrogen-bond acceptors (Lipinski definition) is 4. The molecule has 6 nitrogen and oxygen atoms in total. The van der Waals surface area contributed by atoms with Gasteiger partial charge in [0, 0.05) is 0 Å². The summed E-state index contributed by atoms with van der Waals surface area (Å²) >= 11 is 0. The molecular weight excluding hydrogens is 268 g/mol. The first-order chi connectivity index (χ1) is 8.90. The summed E-state index contributed by atoms with van der Waals surface area (Å²) in [5.74, 6) is -1.22.